The first-order valence-electron chi connectivity index (χ1n) is 9.32. The second-order valence-corrected chi connectivity index (χ2v) is 7.58. The summed E-state index contributed by atoms with van der Waals surface area (Å²) in [5.41, 5.74) is 2.62. The number of carboxylic acid groups (broad SMARTS) is 1. The fourth-order valence-electron chi connectivity index (χ4n) is 4.26. The summed E-state index contributed by atoms with van der Waals surface area (Å²) < 4.78 is 2.03. The maximum atomic E-state index is 12.7. The third-order valence-corrected chi connectivity index (χ3v) is 5.71. The van der Waals surface area contributed by atoms with Crippen molar-refractivity contribution in [3.05, 3.63) is 39.7 Å². The van der Waals surface area contributed by atoms with Gasteiger partial charge in [0.1, 0.15) is 5.56 Å². The molecule has 6 nitrogen and oxygen atoms in total. The van der Waals surface area contributed by atoms with Gasteiger partial charge in [-0.25, -0.2) is 4.79 Å². The van der Waals surface area contributed by atoms with E-state index < -0.39 is 5.97 Å². The van der Waals surface area contributed by atoms with Gasteiger partial charge in [0, 0.05) is 36.4 Å². The minimum Gasteiger partial charge on any atom is -0.477 e. The summed E-state index contributed by atoms with van der Waals surface area (Å²) >= 11 is 0. The summed E-state index contributed by atoms with van der Waals surface area (Å²) in [6, 6.07) is 4.11. The second kappa shape index (κ2) is 6.43. The van der Waals surface area contributed by atoms with E-state index in [0.29, 0.717) is 17.3 Å². The molecular weight excluding hydrogens is 330 g/mol. The molecule has 1 saturated carbocycles. The van der Waals surface area contributed by atoms with E-state index in [2.05, 4.69) is 17.1 Å². The Labute approximate surface area is 152 Å². The number of aromatic carboxylic acids is 1. The smallest absolute Gasteiger partial charge is 0.341 e. The molecule has 1 aromatic heterocycles. The molecule has 26 heavy (non-hydrogen) atoms. The second-order valence-electron chi connectivity index (χ2n) is 7.58. The number of nitrogens with one attached hydrogen (secondary N) is 1. The molecule has 6 heteroatoms. The first kappa shape index (κ1) is 17.1. The van der Waals surface area contributed by atoms with Crippen molar-refractivity contribution in [3.63, 3.8) is 0 Å². The summed E-state index contributed by atoms with van der Waals surface area (Å²) in [4.78, 5) is 26.6. The Bertz CT molecular complexity index is 930. The van der Waals surface area contributed by atoms with Crippen LogP contribution in [0.4, 0.5) is 5.69 Å². The van der Waals surface area contributed by atoms with Crippen LogP contribution in [0.5, 0.6) is 0 Å². The van der Waals surface area contributed by atoms with E-state index >= 15 is 0 Å². The number of carbonyl (C=O) groups is 1. The highest BCUT2D eigenvalue weighted by atomic mass is 16.4. The van der Waals surface area contributed by atoms with Crippen molar-refractivity contribution in [2.24, 2.45) is 5.92 Å². The van der Waals surface area contributed by atoms with Crippen LogP contribution in [0.15, 0.2) is 23.1 Å². The molecule has 4 rings (SSSR count). The Kier molecular flexibility index (Phi) is 4.23. The number of fused-ring (bicyclic) bond motifs is 1. The quantitative estimate of drug-likeness (QED) is 0.861. The van der Waals surface area contributed by atoms with E-state index in [1.54, 1.807) is 6.20 Å². The van der Waals surface area contributed by atoms with Crippen LogP contribution in [-0.2, 0) is 0 Å². The number of hydrogen-bond donors (Lipinski definition) is 2. The Morgan fingerprint density at radius 2 is 2.08 bits per heavy atom. The average Bonchev–Trinajstić information content (AvgIpc) is 3.35. The lowest BCUT2D eigenvalue weighted by atomic mass is 10.0. The van der Waals surface area contributed by atoms with Crippen molar-refractivity contribution in [2.45, 2.75) is 32.2 Å². The molecule has 1 aliphatic heterocycles. The highest BCUT2D eigenvalue weighted by Crippen LogP contribution is 2.39. The molecule has 2 aromatic rings. The topological polar surface area (TPSA) is 74.6 Å². The fourth-order valence-corrected chi connectivity index (χ4v) is 4.26. The molecule has 0 bridgehead atoms. The lowest BCUT2D eigenvalue weighted by Crippen LogP contribution is -2.25. The van der Waals surface area contributed by atoms with E-state index in [0.717, 1.165) is 55.7 Å². The van der Waals surface area contributed by atoms with Gasteiger partial charge >= 0.3 is 5.97 Å². The third kappa shape index (κ3) is 2.78. The van der Waals surface area contributed by atoms with Gasteiger partial charge in [0.15, 0.2) is 0 Å². The number of carboxylic acids is 1. The van der Waals surface area contributed by atoms with Gasteiger partial charge < -0.3 is 19.9 Å². The number of benzene rings is 1. The summed E-state index contributed by atoms with van der Waals surface area (Å²) in [6.07, 6.45) is 4.78. The van der Waals surface area contributed by atoms with E-state index in [1.807, 2.05) is 23.7 Å². The molecule has 1 unspecified atom stereocenters. The molecule has 1 atom stereocenters. The number of hydrogen-bond acceptors (Lipinski definition) is 4. The largest absolute Gasteiger partial charge is 0.477 e. The first-order chi connectivity index (χ1) is 12.5. The Balaban J connectivity index is 1.85. The van der Waals surface area contributed by atoms with Gasteiger partial charge in [-0.05, 0) is 63.4 Å². The SMILES string of the molecule is CNCC1CCN(c2ccc3c(=O)c(C(=O)O)cn(C4CC4)c3c2C)C1. The van der Waals surface area contributed by atoms with Gasteiger partial charge in [-0.2, -0.15) is 0 Å². The predicted molar refractivity (Wildman–Crippen MR) is 102 cm³/mol. The van der Waals surface area contributed by atoms with Crippen LogP contribution in [0.25, 0.3) is 10.9 Å². The van der Waals surface area contributed by atoms with Gasteiger partial charge in [0.05, 0.1) is 5.52 Å². The molecule has 0 spiro atoms. The molecule has 2 aliphatic rings. The van der Waals surface area contributed by atoms with Crippen molar-refractivity contribution < 1.29 is 9.90 Å². The molecular formula is C20H25N3O3. The zero-order valence-electron chi connectivity index (χ0n) is 15.3. The summed E-state index contributed by atoms with van der Waals surface area (Å²) in [5.74, 6) is -0.516. The summed E-state index contributed by atoms with van der Waals surface area (Å²) in [7, 11) is 1.98. The number of rotatable bonds is 5. The van der Waals surface area contributed by atoms with E-state index in [-0.39, 0.29) is 11.0 Å². The van der Waals surface area contributed by atoms with Crippen molar-refractivity contribution in [2.75, 3.05) is 31.6 Å². The van der Waals surface area contributed by atoms with Gasteiger partial charge in [-0.3, -0.25) is 4.79 Å². The highest BCUT2D eigenvalue weighted by Gasteiger charge is 2.29. The lowest BCUT2D eigenvalue weighted by molar-refractivity contribution is 0.0695. The van der Waals surface area contributed by atoms with Crippen molar-refractivity contribution in [1.29, 1.82) is 0 Å². The molecule has 2 N–H and O–H groups in total. The van der Waals surface area contributed by atoms with Crippen LogP contribution in [0.1, 0.15) is 41.2 Å². The van der Waals surface area contributed by atoms with E-state index in [1.165, 1.54) is 0 Å². The standard InChI is InChI=1S/C20H25N3O3/c1-12-17(22-8-7-13(10-22)9-21-2)6-5-15-18(12)23(14-3-4-14)11-16(19(15)24)20(25)26/h5-6,11,13-14,21H,3-4,7-10H2,1-2H3,(H,25,26). The van der Waals surface area contributed by atoms with Crippen molar-refractivity contribution in [1.82, 2.24) is 9.88 Å². The molecule has 2 fully saturated rings. The predicted octanol–water partition coefficient (Wildman–Crippen LogP) is 2.39. The maximum Gasteiger partial charge on any atom is 0.341 e. The van der Waals surface area contributed by atoms with Crippen molar-refractivity contribution >= 4 is 22.6 Å². The van der Waals surface area contributed by atoms with Gasteiger partial charge in [-0.15, -0.1) is 0 Å². The molecule has 138 valence electrons. The Hall–Kier alpha value is -2.34. The van der Waals surface area contributed by atoms with Gasteiger partial charge in [0.2, 0.25) is 5.43 Å². The average molecular weight is 355 g/mol. The minimum atomic E-state index is -1.15. The minimum absolute atomic E-state index is 0.133. The number of pyridine rings is 1. The zero-order valence-corrected chi connectivity index (χ0v) is 15.3. The molecule has 1 aliphatic carbocycles. The normalized spacial score (nSPS) is 20.1. The van der Waals surface area contributed by atoms with E-state index in [9.17, 15) is 14.7 Å². The lowest BCUT2D eigenvalue weighted by Gasteiger charge is -2.24. The summed E-state index contributed by atoms with van der Waals surface area (Å²) in [6.45, 7) is 5.09. The Morgan fingerprint density at radius 1 is 1.31 bits per heavy atom. The molecule has 0 amide bonds. The molecule has 2 heterocycles. The van der Waals surface area contributed by atoms with Crippen LogP contribution in [0.3, 0.4) is 0 Å². The molecule has 0 radical (unpaired) electrons. The number of aromatic nitrogens is 1. The molecule has 1 saturated heterocycles. The Morgan fingerprint density at radius 3 is 2.73 bits per heavy atom. The number of anilines is 1. The molecule has 1 aromatic carbocycles. The van der Waals surface area contributed by atoms with Gasteiger partial charge in [0.25, 0.3) is 0 Å². The van der Waals surface area contributed by atoms with Crippen LogP contribution < -0.4 is 15.6 Å². The maximum absolute atomic E-state index is 12.7. The van der Waals surface area contributed by atoms with Gasteiger partial charge in [-0.1, -0.05) is 0 Å². The van der Waals surface area contributed by atoms with Crippen LogP contribution >= 0.6 is 0 Å². The third-order valence-electron chi connectivity index (χ3n) is 5.71. The zero-order chi connectivity index (χ0) is 18.4. The van der Waals surface area contributed by atoms with E-state index in [4.69, 9.17) is 0 Å². The number of aryl methyl sites for hydroxylation is 1. The van der Waals surface area contributed by atoms with Crippen LogP contribution in [0, 0.1) is 12.8 Å². The highest BCUT2D eigenvalue weighted by molar-refractivity contribution is 5.95. The first-order valence-corrected chi connectivity index (χ1v) is 9.32. The van der Waals surface area contributed by atoms with Crippen LogP contribution in [0.2, 0.25) is 0 Å². The summed E-state index contributed by atoms with van der Waals surface area (Å²) in [5, 5.41) is 13.2. The fraction of sp³-hybridized carbons (Fsp3) is 0.500. The van der Waals surface area contributed by atoms with Crippen LogP contribution in [-0.4, -0.2) is 42.3 Å². The number of nitrogens with zero attached hydrogens (tertiary/aromatic N) is 2. The monoisotopic (exact) mass is 355 g/mol. The van der Waals surface area contributed by atoms with Crippen molar-refractivity contribution in [3.8, 4) is 0 Å².